The SMILES string of the molecule is OC(COCc1cccs1)CN1CCCC(Cn2cncn2)C1. The average molecular weight is 336 g/mol. The number of thiophene rings is 1. The largest absolute Gasteiger partial charge is 0.389 e. The lowest BCUT2D eigenvalue weighted by molar-refractivity contribution is 0.00282. The molecule has 2 aromatic heterocycles. The lowest BCUT2D eigenvalue weighted by Gasteiger charge is -2.33. The maximum atomic E-state index is 10.2. The third-order valence-electron chi connectivity index (χ3n) is 4.12. The van der Waals surface area contributed by atoms with Gasteiger partial charge in [-0.05, 0) is 36.8 Å². The number of rotatable bonds is 8. The minimum absolute atomic E-state index is 0.391. The van der Waals surface area contributed by atoms with Gasteiger partial charge in [0.2, 0.25) is 0 Å². The van der Waals surface area contributed by atoms with Gasteiger partial charge >= 0.3 is 0 Å². The van der Waals surface area contributed by atoms with Gasteiger partial charge < -0.3 is 14.7 Å². The van der Waals surface area contributed by atoms with Gasteiger partial charge in [0, 0.05) is 24.5 Å². The van der Waals surface area contributed by atoms with Crippen molar-refractivity contribution in [2.24, 2.45) is 5.92 Å². The van der Waals surface area contributed by atoms with Crippen LogP contribution in [0.5, 0.6) is 0 Å². The standard InChI is InChI=1S/C16H24N4O2S/c21-15(10-22-11-16-4-2-6-23-16)9-19-5-1-3-14(7-19)8-20-13-17-12-18-20/h2,4,6,12-15,21H,1,3,5,7-11H2. The van der Waals surface area contributed by atoms with Crippen LogP contribution in [0.1, 0.15) is 17.7 Å². The molecule has 3 rings (SSSR count). The Bertz CT molecular complexity index is 546. The summed E-state index contributed by atoms with van der Waals surface area (Å²) in [6.45, 7) is 4.61. The van der Waals surface area contributed by atoms with Crippen molar-refractivity contribution < 1.29 is 9.84 Å². The fourth-order valence-corrected chi connectivity index (χ4v) is 3.74. The lowest BCUT2D eigenvalue weighted by Crippen LogP contribution is -2.42. The molecule has 2 aromatic rings. The Balaban J connectivity index is 1.36. The predicted octanol–water partition coefficient (Wildman–Crippen LogP) is 1.63. The van der Waals surface area contributed by atoms with E-state index >= 15 is 0 Å². The Morgan fingerprint density at radius 2 is 2.43 bits per heavy atom. The summed E-state index contributed by atoms with van der Waals surface area (Å²) in [5, 5.41) is 16.4. The van der Waals surface area contributed by atoms with Crippen LogP contribution >= 0.6 is 11.3 Å². The van der Waals surface area contributed by atoms with Crippen LogP contribution in [0.15, 0.2) is 30.2 Å². The first-order chi connectivity index (χ1) is 11.3. The van der Waals surface area contributed by atoms with Crippen molar-refractivity contribution in [3.05, 3.63) is 35.0 Å². The van der Waals surface area contributed by atoms with Gasteiger partial charge in [0.1, 0.15) is 12.7 Å². The van der Waals surface area contributed by atoms with Crippen molar-refractivity contribution >= 4 is 11.3 Å². The molecule has 126 valence electrons. The maximum Gasteiger partial charge on any atom is 0.137 e. The van der Waals surface area contributed by atoms with E-state index in [1.54, 1.807) is 24.0 Å². The van der Waals surface area contributed by atoms with Crippen molar-refractivity contribution in [2.75, 3.05) is 26.2 Å². The summed E-state index contributed by atoms with van der Waals surface area (Å²) in [5.74, 6) is 0.574. The first-order valence-electron chi connectivity index (χ1n) is 8.12. The van der Waals surface area contributed by atoms with Gasteiger partial charge in [0.15, 0.2) is 0 Å². The second-order valence-corrected chi connectivity index (χ2v) is 7.17. The van der Waals surface area contributed by atoms with Crippen molar-refractivity contribution in [3.8, 4) is 0 Å². The molecule has 1 fully saturated rings. The molecule has 0 bridgehead atoms. The number of aliphatic hydroxyl groups excluding tert-OH is 1. The van der Waals surface area contributed by atoms with E-state index in [2.05, 4.69) is 21.0 Å². The smallest absolute Gasteiger partial charge is 0.137 e. The Hall–Kier alpha value is -1.28. The zero-order chi connectivity index (χ0) is 15.9. The normalized spacial score (nSPS) is 20.7. The number of aliphatic hydroxyl groups is 1. The van der Waals surface area contributed by atoms with Gasteiger partial charge in [-0.2, -0.15) is 5.10 Å². The summed E-state index contributed by atoms with van der Waals surface area (Å²) < 4.78 is 7.50. The molecule has 2 unspecified atom stereocenters. The monoisotopic (exact) mass is 336 g/mol. The number of aromatic nitrogens is 3. The number of hydrogen-bond acceptors (Lipinski definition) is 6. The van der Waals surface area contributed by atoms with Gasteiger partial charge in [-0.15, -0.1) is 11.3 Å². The molecular weight excluding hydrogens is 312 g/mol. The Morgan fingerprint density at radius 1 is 1.48 bits per heavy atom. The Kier molecular flexibility index (Phi) is 6.15. The molecule has 0 aliphatic carbocycles. The van der Waals surface area contributed by atoms with E-state index in [1.807, 2.05) is 16.1 Å². The molecule has 0 spiro atoms. The zero-order valence-electron chi connectivity index (χ0n) is 13.3. The van der Waals surface area contributed by atoms with Crippen molar-refractivity contribution in [3.63, 3.8) is 0 Å². The fourth-order valence-electron chi connectivity index (χ4n) is 3.10. The first-order valence-corrected chi connectivity index (χ1v) is 9.00. The topological polar surface area (TPSA) is 63.4 Å². The minimum Gasteiger partial charge on any atom is -0.389 e. The number of nitrogens with zero attached hydrogens (tertiary/aromatic N) is 4. The van der Waals surface area contributed by atoms with Crippen molar-refractivity contribution in [2.45, 2.75) is 32.1 Å². The number of β-amino-alcohol motifs (C(OH)–C–C–N with tert-alkyl or cyclic N) is 1. The molecule has 1 aliphatic heterocycles. The zero-order valence-corrected chi connectivity index (χ0v) is 14.1. The van der Waals surface area contributed by atoms with Gasteiger partial charge in [-0.3, -0.25) is 4.68 Å². The second kappa shape index (κ2) is 8.54. The fraction of sp³-hybridized carbons (Fsp3) is 0.625. The summed E-state index contributed by atoms with van der Waals surface area (Å²) >= 11 is 1.68. The molecule has 3 heterocycles. The van der Waals surface area contributed by atoms with Gasteiger partial charge in [0.05, 0.1) is 19.3 Å². The highest BCUT2D eigenvalue weighted by Gasteiger charge is 2.22. The molecule has 23 heavy (non-hydrogen) atoms. The van der Waals surface area contributed by atoms with E-state index in [0.29, 0.717) is 25.7 Å². The molecule has 1 aliphatic rings. The van der Waals surface area contributed by atoms with Crippen LogP contribution in [-0.2, 0) is 17.9 Å². The molecular formula is C16H24N4O2S. The molecule has 7 heteroatoms. The molecule has 1 N–H and O–H groups in total. The molecule has 6 nitrogen and oxygen atoms in total. The van der Waals surface area contributed by atoms with Crippen LogP contribution in [0.2, 0.25) is 0 Å². The number of hydrogen-bond donors (Lipinski definition) is 1. The third kappa shape index (κ3) is 5.39. The molecule has 0 amide bonds. The van der Waals surface area contributed by atoms with Crippen LogP contribution in [0.3, 0.4) is 0 Å². The Morgan fingerprint density at radius 3 is 3.22 bits per heavy atom. The van der Waals surface area contributed by atoms with Crippen LogP contribution < -0.4 is 0 Å². The second-order valence-electron chi connectivity index (χ2n) is 6.13. The minimum atomic E-state index is -0.430. The highest BCUT2D eigenvalue weighted by molar-refractivity contribution is 7.09. The Labute approximate surface area is 140 Å². The third-order valence-corrected chi connectivity index (χ3v) is 4.97. The summed E-state index contributed by atoms with van der Waals surface area (Å²) in [5.41, 5.74) is 0. The molecule has 0 saturated carbocycles. The highest BCUT2D eigenvalue weighted by atomic mass is 32.1. The lowest BCUT2D eigenvalue weighted by atomic mass is 9.98. The van der Waals surface area contributed by atoms with E-state index in [-0.39, 0.29) is 0 Å². The number of ether oxygens (including phenoxy) is 1. The van der Waals surface area contributed by atoms with Crippen LogP contribution in [0.4, 0.5) is 0 Å². The van der Waals surface area contributed by atoms with E-state index in [9.17, 15) is 5.11 Å². The molecule has 1 saturated heterocycles. The quantitative estimate of drug-likeness (QED) is 0.794. The van der Waals surface area contributed by atoms with Gasteiger partial charge in [0.25, 0.3) is 0 Å². The van der Waals surface area contributed by atoms with E-state index in [4.69, 9.17) is 4.74 Å². The maximum absolute atomic E-state index is 10.2. The first kappa shape index (κ1) is 16.6. The molecule has 0 aromatic carbocycles. The number of piperidine rings is 1. The van der Waals surface area contributed by atoms with Crippen LogP contribution in [0.25, 0.3) is 0 Å². The summed E-state index contributed by atoms with van der Waals surface area (Å²) in [6.07, 6.45) is 5.30. The predicted molar refractivity (Wildman–Crippen MR) is 89.2 cm³/mol. The molecule has 2 atom stereocenters. The van der Waals surface area contributed by atoms with Crippen LogP contribution in [-0.4, -0.2) is 57.1 Å². The molecule has 0 radical (unpaired) electrons. The number of likely N-dealkylation sites (tertiary alicyclic amines) is 1. The summed E-state index contributed by atoms with van der Waals surface area (Å²) in [4.78, 5) is 7.53. The highest BCUT2D eigenvalue weighted by Crippen LogP contribution is 2.18. The summed E-state index contributed by atoms with van der Waals surface area (Å²) in [6, 6.07) is 4.07. The van der Waals surface area contributed by atoms with E-state index in [0.717, 1.165) is 19.6 Å². The average Bonchev–Trinajstić information content (AvgIpc) is 3.21. The van der Waals surface area contributed by atoms with E-state index in [1.165, 1.54) is 17.7 Å². The van der Waals surface area contributed by atoms with Crippen molar-refractivity contribution in [1.29, 1.82) is 0 Å². The van der Waals surface area contributed by atoms with E-state index < -0.39 is 6.10 Å². The van der Waals surface area contributed by atoms with Gasteiger partial charge in [-0.1, -0.05) is 6.07 Å². The van der Waals surface area contributed by atoms with Crippen molar-refractivity contribution in [1.82, 2.24) is 19.7 Å². The van der Waals surface area contributed by atoms with Crippen LogP contribution in [0, 0.1) is 5.92 Å². The summed E-state index contributed by atoms with van der Waals surface area (Å²) in [7, 11) is 0. The van der Waals surface area contributed by atoms with Gasteiger partial charge in [-0.25, -0.2) is 4.98 Å².